The van der Waals surface area contributed by atoms with Crippen molar-refractivity contribution in [3.8, 4) is 33.4 Å². The molecular formula is C32H21Cl. The van der Waals surface area contributed by atoms with Crippen LogP contribution in [0.1, 0.15) is 0 Å². The van der Waals surface area contributed by atoms with Gasteiger partial charge in [-0.2, -0.15) is 0 Å². The molecule has 0 saturated heterocycles. The second kappa shape index (κ2) is 8.24. The Kier molecular flexibility index (Phi) is 4.94. The van der Waals surface area contributed by atoms with Crippen LogP contribution < -0.4 is 0 Å². The summed E-state index contributed by atoms with van der Waals surface area (Å²) < 4.78 is 0. The van der Waals surface area contributed by atoms with Crippen LogP contribution in [0.4, 0.5) is 0 Å². The van der Waals surface area contributed by atoms with Gasteiger partial charge in [0.25, 0.3) is 0 Å². The summed E-state index contributed by atoms with van der Waals surface area (Å²) in [5.41, 5.74) is 6.98. The van der Waals surface area contributed by atoms with Crippen LogP contribution in [-0.4, -0.2) is 0 Å². The normalized spacial score (nSPS) is 11.2. The molecule has 33 heavy (non-hydrogen) atoms. The van der Waals surface area contributed by atoms with Crippen LogP contribution in [-0.2, 0) is 0 Å². The first kappa shape index (κ1) is 19.8. The van der Waals surface area contributed by atoms with E-state index in [0.29, 0.717) is 0 Å². The molecule has 0 radical (unpaired) electrons. The molecule has 6 aromatic rings. The molecule has 0 nitrogen and oxygen atoms in total. The molecule has 0 saturated carbocycles. The van der Waals surface area contributed by atoms with Gasteiger partial charge in [-0.15, -0.1) is 0 Å². The van der Waals surface area contributed by atoms with E-state index in [1.807, 2.05) is 18.2 Å². The summed E-state index contributed by atoms with van der Waals surface area (Å²) in [6.07, 6.45) is 0. The summed E-state index contributed by atoms with van der Waals surface area (Å²) in [7, 11) is 0. The lowest BCUT2D eigenvalue weighted by atomic mass is 9.91. The molecular weight excluding hydrogens is 420 g/mol. The summed E-state index contributed by atoms with van der Waals surface area (Å²) in [6, 6.07) is 45.0. The molecule has 0 fully saturated rings. The molecule has 0 aromatic heterocycles. The van der Waals surface area contributed by atoms with Crippen molar-refractivity contribution >= 4 is 33.1 Å². The van der Waals surface area contributed by atoms with Crippen molar-refractivity contribution in [3.63, 3.8) is 0 Å². The Morgan fingerprint density at radius 2 is 0.939 bits per heavy atom. The third-order valence-corrected chi connectivity index (χ3v) is 6.63. The fourth-order valence-electron chi connectivity index (χ4n) is 4.63. The van der Waals surface area contributed by atoms with Crippen molar-refractivity contribution < 1.29 is 0 Å². The topological polar surface area (TPSA) is 0 Å². The first-order valence-corrected chi connectivity index (χ1v) is 11.5. The Labute approximate surface area is 198 Å². The summed E-state index contributed by atoms with van der Waals surface area (Å²) in [5.74, 6) is 0. The number of benzene rings is 6. The van der Waals surface area contributed by atoms with Crippen LogP contribution >= 0.6 is 11.6 Å². The van der Waals surface area contributed by atoms with E-state index in [4.69, 9.17) is 11.6 Å². The van der Waals surface area contributed by atoms with Crippen LogP contribution in [0, 0.1) is 0 Å². The minimum atomic E-state index is 0.765. The zero-order chi connectivity index (χ0) is 22.2. The predicted molar refractivity (Wildman–Crippen MR) is 143 cm³/mol. The Morgan fingerprint density at radius 1 is 0.364 bits per heavy atom. The molecule has 6 rings (SSSR count). The van der Waals surface area contributed by atoms with E-state index in [-0.39, 0.29) is 0 Å². The summed E-state index contributed by atoms with van der Waals surface area (Å²) in [4.78, 5) is 0. The zero-order valence-electron chi connectivity index (χ0n) is 18.0. The first-order valence-electron chi connectivity index (χ1n) is 11.1. The maximum Gasteiger partial charge on any atom is 0.0490 e. The number of rotatable bonds is 3. The van der Waals surface area contributed by atoms with Crippen LogP contribution in [0.2, 0.25) is 5.02 Å². The Morgan fingerprint density at radius 3 is 1.76 bits per heavy atom. The molecule has 1 heteroatoms. The molecule has 0 aliphatic heterocycles. The smallest absolute Gasteiger partial charge is 0.0490 e. The van der Waals surface area contributed by atoms with Gasteiger partial charge in [0.2, 0.25) is 0 Å². The van der Waals surface area contributed by atoms with Gasteiger partial charge in [-0.3, -0.25) is 0 Å². The van der Waals surface area contributed by atoms with Crippen molar-refractivity contribution in [2.45, 2.75) is 0 Å². The van der Waals surface area contributed by atoms with Crippen molar-refractivity contribution in [2.24, 2.45) is 0 Å². The number of hydrogen-bond acceptors (Lipinski definition) is 0. The standard InChI is InChI=1S/C32H21Cl/c33-31-12-6-11-30(28-17-13-23-9-4-5-10-24(23)20-28)32(31)29-18-16-26-19-25(14-15-27(26)21-29)22-7-2-1-3-8-22/h1-21H. The van der Waals surface area contributed by atoms with Crippen LogP contribution in [0.5, 0.6) is 0 Å². The molecule has 0 amide bonds. The maximum atomic E-state index is 6.79. The van der Waals surface area contributed by atoms with E-state index in [0.717, 1.165) is 21.7 Å². The molecule has 156 valence electrons. The van der Waals surface area contributed by atoms with Gasteiger partial charge < -0.3 is 0 Å². The highest BCUT2D eigenvalue weighted by Crippen LogP contribution is 2.39. The minimum Gasteiger partial charge on any atom is -0.0836 e. The van der Waals surface area contributed by atoms with Gasteiger partial charge in [-0.1, -0.05) is 115 Å². The first-order chi connectivity index (χ1) is 16.3. The zero-order valence-corrected chi connectivity index (χ0v) is 18.8. The van der Waals surface area contributed by atoms with Crippen molar-refractivity contribution in [2.75, 3.05) is 0 Å². The molecule has 0 heterocycles. The molecule has 0 aliphatic rings. The van der Waals surface area contributed by atoms with Gasteiger partial charge in [0, 0.05) is 10.6 Å². The fourth-order valence-corrected chi connectivity index (χ4v) is 4.91. The minimum absolute atomic E-state index is 0.765. The second-order valence-electron chi connectivity index (χ2n) is 8.37. The van der Waals surface area contributed by atoms with Crippen LogP contribution in [0.25, 0.3) is 54.9 Å². The highest BCUT2D eigenvalue weighted by molar-refractivity contribution is 6.34. The lowest BCUT2D eigenvalue weighted by molar-refractivity contribution is 1.60. The molecule has 0 unspecified atom stereocenters. The lowest BCUT2D eigenvalue weighted by Crippen LogP contribution is -1.88. The predicted octanol–water partition coefficient (Wildman–Crippen LogP) is 9.65. The molecule has 0 atom stereocenters. The van der Waals surface area contributed by atoms with Gasteiger partial charge in [0.15, 0.2) is 0 Å². The van der Waals surface area contributed by atoms with E-state index in [1.54, 1.807) is 0 Å². The summed E-state index contributed by atoms with van der Waals surface area (Å²) >= 11 is 6.79. The van der Waals surface area contributed by atoms with E-state index in [9.17, 15) is 0 Å². The van der Waals surface area contributed by atoms with E-state index in [1.165, 1.54) is 38.2 Å². The monoisotopic (exact) mass is 440 g/mol. The van der Waals surface area contributed by atoms with Crippen molar-refractivity contribution in [1.82, 2.24) is 0 Å². The Bertz CT molecular complexity index is 1610. The molecule has 0 N–H and O–H groups in total. The van der Waals surface area contributed by atoms with Crippen molar-refractivity contribution in [1.29, 1.82) is 0 Å². The van der Waals surface area contributed by atoms with E-state index in [2.05, 4.69) is 109 Å². The molecule has 0 bridgehead atoms. The van der Waals surface area contributed by atoms with Gasteiger partial charge in [-0.25, -0.2) is 0 Å². The van der Waals surface area contributed by atoms with Gasteiger partial charge in [0.05, 0.1) is 0 Å². The largest absolute Gasteiger partial charge is 0.0836 e. The average Bonchev–Trinajstić information content (AvgIpc) is 2.88. The Balaban J connectivity index is 1.48. The quantitative estimate of drug-likeness (QED) is 0.257. The van der Waals surface area contributed by atoms with Crippen LogP contribution in [0.3, 0.4) is 0 Å². The average molecular weight is 441 g/mol. The SMILES string of the molecule is Clc1cccc(-c2ccc3ccccc3c2)c1-c1ccc2cc(-c3ccccc3)ccc2c1. The van der Waals surface area contributed by atoms with E-state index < -0.39 is 0 Å². The Hall–Kier alpha value is -3.87. The van der Waals surface area contributed by atoms with Crippen molar-refractivity contribution in [3.05, 3.63) is 132 Å². The number of halogens is 1. The van der Waals surface area contributed by atoms with Gasteiger partial charge >= 0.3 is 0 Å². The summed E-state index contributed by atoms with van der Waals surface area (Å²) in [6.45, 7) is 0. The third-order valence-electron chi connectivity index (χ3n) is 6.31. The lowest BCUT2D eigenvalue weighted by Gasteiger charge is -2.14. The maximum absolute atomic E-state index is 6.79. The molecule has 0 aliphatic carbocycles. The van der Waals surface area contributed by atoms with E-state index >= 15 is 0 Å². The highest BCUT2D eigenvalue weighted by atomic mass is 35.5. The number of fused-ring (bicyclic) bond motifs is 2. The highest BCUT2D eigenvalue weighted by Gasteiger charge is 2.13. The molecule has 0 spiro atoms. The van der Waals surface area contributed by atoms with Gasteiger partial charge in [0.1, 0.15) is 0 Å². The second-order valence-corrected chi connectivity index (χ2v) is 8.77. The fraction of sp³-hybridized carbons (Fsp3) is 0. The summed E-state index contributed by atoms with van der Waals surface area (Å²) in [5, 5.41) is 5.66. The molecule has 6 aromatic carbocycles. The van der Waals surface area contributed by atoms with Crippen LogP contribution in [0.15, 0.2) is 127 Å². The number of hydrogen-bond donors (Lipinski definition) is 0. The van der Waals surface area contributed by atoms with Gasteiger partial charge in [-0.05, 0) is 73.6 Å². The third kappa shape index (κ3) is 3.69.